The smallest absolute Gasteiger partial charge is 0.310 e. The van der Waals surface area contributed by atoms with Crippen molar-refractivity contribution in [2.75, 3.05) is 6.61 Å². The molecule has 0 aliphatic heterocycles. The zero-order chi connectivity index (χ0) is 13.1. The number of carbonyl (C=O) groups is 1. The fourth-order valence-electron chi connectivity index (χ4n) is 1.67. The van der Waals surface area contributed by atoms with E-state index in [9.17, 15) is 13.6 Å². The van der Waals surface area contributed by atoms with Crippen molar-refractivity contribution in [3.05, 3.63) is 41.6 Å². The minimum absolute atomic E-state index is 0.1000. The van der Waals surface area contributed by atoms with E-state index in [-0.39, 0.29) is 12.4 Å². The van der Waals surface area contributed by atoms with E-state index in [2.05, 4.69) is 4.98 Å². The van der Waals surface area contributed by atoms with Crippen LogP contribution in [-0.4, -0.2) is 17.6 Å². The number of rotatable bonds is 3. The fraction of sp³-hybridized carbons (Fsp3) is 0.231. The molecule has 0 aliphatic rings. The largest absolute Gasteiger partial charge is 0.466 e. The van der Waals surface area contributed by atoms with Crippen LogP contribution in [0.25, 0.3) is 10.9 Å². The zero-order valence-electron chi connectivity index (χ0n) is 9.74. The Hall–Kier alpha value is -2.04. The van der Waals surface area contributed by atoms with Crippen molar-refractivity contribution in [3.8, 4) is 0 Å². The van der Waals surface area contributed by atoms with E-state index in [0.29, 0.717) is 23.1 Å². The summed E-state index contributed by atoms with van der Waals surface area (Å²) in [6.45, 7) is 2.04. The van der Waals surface area contributed by atoms with Gasteiger partial charge in [0.25, 0.3) is 0 Å². The van der Waals surface area contributed by atoms with Crippen molar-refractivity contribution < 1.29 is 18.3 Å². The molecule has 0 radical (unpaired) electrons. The maximum absolute atomic E-state index is 13.0. The van der Waals surface area contributed by atoms with Gasteiger partial charge in [-0.2, -0.15) is 4.39 Å². The molecule has 0 bridgehead atoms. The molecule has 2 rings (SSSR count). The van der Waals surface area contributed by atoms with Crippen molar-refractivity contribution in [2.24, 2.45) is 0 Å². The molecule has 1 heterocycles. The second kappa shape index (κ2) is 5.08. The Balaban J connectivity index is 2.32. The minimum atomic E-state index is -1.12. The number of pyridine rings is 1. The first-order valence-corrected chi connectivity index (χ1v) is 5.50. The Morgan fingerprint density at radius 1 is 1.33 bits per heavy atom. The number of halogens is 2. The summed E-state index contributed by atoms with van der Waals surface area (Å²) >= 11 is 0. The summed E-state index contributed by atoms with van der Waals surface area (Å²) in [6, 6.07) is 5.85. The molecule has 0 aliphatic carbocycles. The second-order valence-corrected chi connectivity index (χ2v) is 3.77. The van der Waals surface area contributed by atoms with Crippen LogP contribution in [0.3, 0.4) is 0 Å². The fourth-order valence-corrected chi connectivity index (χ4v) is 1.67. The summed E-state index contributed by atoms with van der Waals surface area (Å²) in [5.41, 5.74) is 1.02. The van der Waals surface area contributed by atoms with E-state index in [1.807, 2.05) is 0 Å². The van der Waals surface area contributed by atoms with Crippen molar-refractivity contribution in [1.82, 2.24) is 4.98 Å². The van der Waals surface area contributed by atoms with Crippen LogP contribution in [0.2, 0.25) is 0 Å². The van der Waals surface area contributed by atoms with Gasteiger partial charge in [-0.15, -0.1) is 0 Å². The molecule has 0 spiro atoms. The number of esters is 1. The van der Waals surface area contributed by atoms with Gasteiger partial charge < -0.3 is 4.74 Å². The molecular weight excluding hydrogens is 240 g/mol. The Bertz CT molecular complexity index is 599. The Labute approximate surface area is 102 Å². The van der Waals surface area contributed by atoms with Gasteiger partial charge in [0.15, 0.2) is 5.82 Å². The van der Waals surface area contributed by atoms with Gasteiger partial charge in [0.2, 0.25) is 5.95 Å². The third-order valence-corrected chi connectivity index (χ3v) is 2.44. The molecular formula is C13H11F2NO2. The van der Waals surface area contributed by atoms with Gasteiger partial charge >= 0.3 is 5.97 Å². The van der Waals surface area contributed by atoms with Crippen LogP contribution in [0.5, 0.6) is 0 Å². The molecule has 0 saturated heterocycles. The second-order valence-electron chi connectivity index (χ2n) is 3.77. The van der Waals surface area contributed by atoms with Gasteiger partial charge in [0, 0.05) is 5.39 Å². The highest BCUT2D eigenvalue weighted by Crippen LogP contribution is 2.17. The molecule has 1 aromatic carbocycles. The van der Waals surface area contributed by atoms with Crippen LogP contribution in [0.1, 0.15) is 12.5 Å². The van der Waals surface area contributed by atoms with Gasteiger partial charge in [-0.1, -0.05) is 6.07 Å². The number of hydrogen-bond acceptors (Lipinski definition) is 3. The molecule has 0 saturated carbocycles. The molecule has 0 atom stereocenters. The average molecular weight is 251 g/mol. The maximum Gasteiger partial charge on any atom is 0.310 e. The number of carbonyl (C=O) groups excluding carboxylic acids is 1. The lowest BCUT2D eigenvalue weighted by molar-refractivity contribution is -0.142. The molecule has 0 unspecified atom stereocenters. The van der Waals surface area contributed by atoms with Crippen molar-refractivity contribution >= 4 is 16.9 Å². The summed E-state index contributed by atoms with van der Waals surface area (Å²) in [4.78, 5) is 14.8. The topological polar surface area (TPSA) is 39.2 Å². The number of fused-ring (bicyclic) bond motifs is 1. The predicted octanol–water partition coefficient (Wildman–Crippen LogP) is 2.62. The molecule has 18 heavy (non-hydrogen) atoms. The first kappa shape index (κ1) is 12.4. The van der Waals surface area contributed by atoms with E-state index in [1.165, 1.54) is 0 Å². The van der Waals surface area contributed by atoms with E-state index in [0.717, 1.165) is 6.07 Å². The first-order valence-electron chi connectivity index (χ1n) is 5.50. The van der Waals surface area contributed by atoms with Crippen LogP contribution in [0, 0.1) is 11.8 Å². The summed E-state index contributed by atoms with van der Waals surface area (Å²) in [6.07, 6.45) is 0.1000. The van der Waals surface area contributed by atoms with E-state index in [4.69, 9.17) is 4.74 Å². The normalized spacial score (nSPS) is 10.6. The van der Waals surface area contributed by atoms with E-state index < -0.39 is 11.8 Å². The predicted molar refractivity (Wildman–Crippen MR) is 62.0 cm³/mol. The highest BCUT2D eigenvalue weighted by Gasteiger charge is 2.08. The molecule has 1 aromatic heterocycles. The lowest BCUT2D eigenvalue weighted by Crippen LogP contribution is -2.07. The number of nitrogens with zero attached hydrogens (tertiary/aromatic N) is 1. The molecule has 0 amide bonds. The third kappa shape index (κ3) is 2.61. The molecule has 3 nitrogen and oxygen atoms in total. The van der Waals surface area contributed by atoms with E-state index in [1.54, 1.807) is 25.1 Å². The van der Waals surface area contributed by atoms with Gasteiger partial charge in [0.1, 0.15) is 0 Å². The van der Waals surface area contributed by atoms with Crippen LogP contribution in [-0.2, 0) is 16.0 Å². The Kier molecular flexibility index (Phi) is 3.50. The van der Waals surface area contributed by atoms with Crippen molar-refractivity contribution in [2.45, 2.75) is 13.3 Å². The lowest BCUT2D eigenvalue weighted by atomic mass is 10.1. The lowest BCUT2D eigenvalue weighted by Gasteiger charge is -2.04. The molecule has 0 fully saturated rings. The van der Waals surface area contributed by atoms with Gasteiger partial charge in [-0.05, 0) is 30.7 Å². The van der Waals surface area contributed by atoms with Crippen LogP contribution >= 0.6 is 0 Å². The number of aromatic nitrogens is 1. The molecule has 0 N–H and O–H groups in total. The highest BCUT2D eigenvalue weighted by atomic mass is 19.2. The standard InChI is InChI=1S/C13H11F2NO2/c1-2-18-12(17)6-8-3-4-11-9(5-8)7-10(14)13(15)16-11/h3-5,7H,2,6H2,1H3. The summed E-state index contributed by atoms with van der Waals surface area (Å²) in [7, 11) is 0. The zero-order valence-corrected chi connectivity index (χ0v) is 9.74. The molecule has 2 aromatic rings. The number of ether oxygens (including phenoxy) is 1. The van der Waals surface area contributed by atoms with Crippen LogP contribution in [0.15, 0.2) is 24.3 Å². The van der Waals surface area contributed by atoms with Gasteiger partial charge in [-0.25, -0.2) is 9.37 Å². The third-order valence-electron chi connectivity index (χ3n) is 2.44. The summed E-state index contributed by atoms with van der Waals surface area (Å²) in [5.74, 6) is -2.48. The Morgan fingerprint density at radius 3 is 2.83 bits per heavy atom. The van der Waals surface area contributed by atoms with Gasteiger partial charge in [-0.3, -0.25) is 4.79 Å². The number of hydrogen-bond donors (Lipinski definition) is 0. The maximum atomic E-state index is 13.0. The SMILES string of the molecule is CCOC(=O)Cc1ccc2nc(F)c(F)cc2c1. The quantitative estimate of drug-likeness (QED) is 0.621. The van der Waals surface area contributed by atoms with Crippen molar-refractivity contribution in [1.29, 1.82) is 0 Å². The average Bonchev–Trinajstić information content (AvgIpc) is 2.31. The Morgan fingerprint density at radius 2 is 2.11 bits per heavy atom. The van der Waals surface area contributed by atoms with Crippen molar-refractivity contribution in [3.63, 3.8) is 0 Å². The van der Waals surface area contributed by atoms with E-state index >= 15 is 0 Å². The number of benzene rings is 1. The first-order chi connectivity index (χ1) is 8.60. The molecule has 94 valence electrons. The van der Waals surface area contributed by atoms with Crippen LogP contribution in [0.4, 0.5) is 8.78 Å². The van der Waals surface area contributed by atoms with Gasteiger partial charge in [0.05, 0.1) is 18.5 Å². The van der Waals surface area contributed by atoms with Crippen LogP contribution < -0.4 is 0 Å². The monoisotopic (exact) mass is 251 g/mol. The highest BCUT2D eigenvalue weighted by molar-refractivity contribution is 5.81. The minimum Gasteiger partial charge on any atom is -0.466 e. The molecule has 5 heteroatoms. The summed E-state index contributed by atoms with van der Waals surface area (Å²) < 4.78 is 30.7. The summed E-state index contributed by atoms with van der Waals surface area (Å²) in [5, 5.41) is 0.454.